The van der Waals surface area contributed by atoms with Crippen LogP contribution in [0.4, 0.5) is 11.9 Å². The summed E-state index contributed by atoms with van der Waals surface area (Å²) in [5.74, 6) is 1.24. The van der Waals surface area contributed by atoms with Gasteiger partial charge in [-0.3, -0.25) is 0 Å². The molecule has 0 amide bonds. The van der Waals surface area contributed by atoms with Crippen LogP contribution >= 0.6 is 11.6 Å². The molecule has 2 rings (SSSR count). The Morgan fingerprint density at radius 2 is 1.90 bits per heavy atom. The van der Waals surface area contributed by atoms with Gasteiger partial charge in [0.1, 0.15) is 0 Å². The molecular weight excluding hydrogens is 286 g/mol. The summed E-state index contributed by atoms with van der Waals surface area (Å²) in [6.45, 7) is 10.5. The molecule has 1 aliphatic carbocycles. The standard InChI is InChI=1S/C15H26ClN5/c1-5-21(6-2)14-19-12(16)18-13(20-14)17-11-9-7-8-10-15(11,3)4/h11H,5-10H2,1-4H3,(H,17,18,19,20). The van der Waals surface area contributed by atoms with Crippen LogP contribution < -0.4 is 10.2 Å². The number of rotatable bonds is 5. The van der Waals surface area contributed by atoms with Crippen LogP contribution in [0.1, 0.15) is 53.4 Å². The first-order chi connectivity index (χ1) is 9.96. The van der Waals surface area contributed by atoms with Gasteiger partial charge in [-0.15, -0.1) is 0 Å². The lowest BCUT2D eigenvalue weighted by molar-refractivity contribution is 0.216. The van der Waals surface area contributed by atoms with Crippen LogP contribution in [0.25, 0.3) is 0 Å². The predicted octanol–water partition coefficient (Wildman–Crippen LogP) is 3.75. The van der Waals surface area contributed by atoms with Crippen molar-refractivity contribution in [2.45, 2.75) is 59.4 Å². The van der Waals surface area contributed by atoms with Crippen molar-refractivity contribution in [1.29, 1.82) is 0 Å². The topological polar surface area (TPSA) is 53.9 Å². The van der Waals surface area contributed by atoms with Crippen LogP contribution in [-0.4, -0.2) is 34.1 Å². The third-order valence-electron chi connectivity index (χ3n) is 4.45. The summed E-state index contributed by atoms with van der Waals surface area (Å²) in [5.41, 5.74) is 0.257. The van der Waals surface area contributed by atoms with E-state index in [0.29, 0.717) is 17.9 Å². The normalized spacial score (nSPS) is 21.1. The number of anilines is 2. The third kappa shape index (κ3) is 3.96. The third-order valence-corrected chi connectivity index (χ3v) is 4.62. The maximum absolute atomic E-state index is 6.07. The second kappa shape index (κ2) is 6.77. The minimum absolute atomic E-state index is 0.253. The molecule has 0 aromatic carbocycles. The Kier molecular flexibility index (Phi) is 5.25. The molecule has 1 aliphatic rings. The quantitative estimate of drug-likeness (QED) is 0.897. The van der Waals surface area contributed by atoms with Gasteiger partial charge in [-0.1, -0.05) is 26.7 Å². The summed E-state index contributed by atoms with van der Waals surface area (Å²) < 4.78 is 0. The fraction of sp³-hybridized carbons (Fsp3) is 0.800. The lowest BCUT2D eigenvalue weighted by Crippen LogP contribution is -2.39. The highest BCUT2D eigenvalue weighted by atomic mass is 35.5. The van der Waals surface area contributed by atoms with Gasteiger partial charge in [-0.2, -0.15) is 15.0 Å². The molecule has 1 N–H and O–H groups in total. The maximum Gasteiger partial charge on any atom is 0.231 e. The zero-order valence-electron chi connectivity index (χ0n) is 13.5. The summed E-state index contributed by atoms with van der Waals surface area (Å²) in [6, 6.07) is 0.384. The van der Waals surface area contributed by atoms with E-state index in [2.05, 4.69) is 52.9 Å². The average molecular weight is 312 g/mol. The van der Waals surface area contributed by atoms with Crippen molar-refractivity contribution in [3.63, 3.8) is 0 Å². The van der Waals surface area contributed by atoms with E-state index in [1.165, 1.54) is 19.3 Å². The zero-order chi connectivity index (χ0) is 15.5. The maximum atomic E-state index is 6.07. The number of halogens is 1. The van der Waals surface area contributed by atoms with Crippen molar-refractivity contribution in [3.05, 3.63) is 5.28 Å². The highest BCUT2D eigenvalue weighted by Crippen LogP contribution is 2.36. The first kappa shape index (κ1) is 16.3. The molecule has 118 valence electrons. The minimum Gasteiger partial charge on any atom is -0.351 e. The van der Waals surface area contributed by atoms with E-state index < -0.39 is 0 Å². The molecule has 0 bridgehead atoms. The van der Waals surface area contributed by atoms with Crippen molar-refractivity contribution < 1.29 is 0 Å². The van der Waals surface area contributed by atoms with Crippen LogP contribution in [0.15, 0.2) is 0 Å². The lowest BCUT2D eigenvalue weighted by atomic mass is 9.73. The fourth-order valence-electron chi connectivity index (χ4n) is 2.97. The van der Waals surface area contributed by atoms with Gasteiger partial charge in [0, 0.05) is 19.1 Å². The smallest absolute Gasteiger partial charge is 0.231 e. The van der Waals surface area contributed by atoms with Gasteiger partial charge in [-0.25, -0.2) is 0 Å². The molecule has 0 saturated heterocycles. The highest BCUT2D eigenvalue weighted by Gasteiger charge is 2.32. The number of hydrogen-bond donors (Lipinski definition) is 1. The second-order valence-corrected chi connectivity index (χ2v) is 6.67. The largest absolute Gasteiger partial charge is 0.351 e. The van der Waals surface area contributed by atoms with E-state index >= 15 is 0 Å². The first-order valence-electron chi connectivity index (χ1n) is 7.89. The van der Waals surface area contributed by atoms with E-state index in [-0.39, 0.29) is 10.7 Å². The van der Waals surface area contributed by atoms with Crippen LogP contribution in [0.5, 0.6) is 0 Å². The van der Waals surface area contributed by atoms with Crippen molar-refractivity contribution in [2.24, 2.45) is 5.41 Å². The molecule has 21 heavy (non-hydrogen) atoms. The van der Waals surface area contributed by atoms with Crippen LogP contribution in [0.2, 0.25) is 5.28 Å². The molecule has 0 aliphatic heterocycles. The fourth-order valence-corrected chi connectivity index (χ4v) is 3.13. The van der Waals surface area contributed by atoms with Gasteiger partial charge in [0.25, 0.3) is 0 Å². The Labute approximate surface area is 132 Å². The molecule has 1 saturated carbocycles. The number of hydrogen-bond acceptors (Lipinski definition) is 5. The monoisotopic (exact) mass is 311 g/mol. The highest BCUT2D eigenvalue weighted by molar-refractivity contribution is 6.28. The molecule has 0 radical (unpaired) electrons. The molecule has 0 spiro atoms. The molecule has 1 atom stereocenters. The van der Waals surface area contributed by atoms with E-state index in [1.54, 1.807) is 0 Å². The van der Waals surface area contributed by atoms with Crippen molar-refractivity contribution in [2.75, 3.05) is 23.3 Å². The minimum atomic E-state index is 0.253. The van der Waals surface area contributed by atoms with Crippen LogP contribution in [0, 0.1) is 5.41 Å². The van der Waals surface area contributed by atoms with Crippen molar-refractivity contribution in [3.8, 4) is 0 Å². The predicted molar refractivity (Wildman–Crippen MR) is 88.1 cm³/mol. The van der Waals surface area contributed by atoms with Crippen molar-refractivity contribution in [1.82, 2.24) is 15.0 Å². The first-order valence-corrected chi connectivity index (χ1v) is 8.27. The summed E-state index contributed by atoms with van der Waals surface area (Å²) in [6.07, 6.45) is 4.93. The van der Waals surface area contributed by atoms with E-state index in [4.69, 9.17) is 11.6 Å². The van der Waals surface area contributed by atoms with Gasteiger partial charge in [0.15, 0.2) is 0 Å². The van der Waals surface area contributed by atoms with Gasteiger partial charge in [-0.05, 0) is 43.7 Å². The number of aromatic nitrogens is 3. The van der Waals surface area contributed by atoms with Crippen molar-refractivity contribution >= 4 is 23.5 Å². The molecule has 5 nitrogen and oxygen atoms in total. The van der Waals surface area contributed by atoms with Gasteiger partial charge >= 0.3 is 0 Å². The Balaban J connectivity index is 2.19. The van der Waals surface area contributed by atoms with E-state index in [1.807, 2.05) is 0 Å². The number of nitrogens with one attached hydrogen (secondary N) is 1. The molecule has 1 heterocycles. The Bertz CT molecular complexity index is 473. The zero-order valence-corrected chi connectivity index (χ0v) is 14.2. The van der Waals surface area contributed by atoms with E-state index in [0.717, 1.165) is 19.5 Å². The summed E-state index contributed by atoms with van der Waals surface area (Å²) in [5, 5.41) is 3.73. The summed E-state index contributed by atoms with van der Waals surface area (Å²) in [7, 11) is 0. The summed E-state index contributed by atoms with van der Waals surface area (Å²) in [4.78, 5) is 15.1. The molecule has 1 aromatic rings. The van der Waals surface area contributed by atoms with Crippen LogP contribution in [-0.2, 0) is 0 Å². The second-order valence-electron chi connectivity index (χ2n) is 6.33. The van der Waals surface area contributed by atoms with E-state index in [9.17, 15) is 0 Å². The molecular formula is C15H26ClN5. The Morgan fingerprint density at radius 1 is 1.19 bits per heavy atom. The summed E-state index contributed by atoms with van der Waals surface area (Å²) >= 11 is 6.07. The Hall–Kier alpha value is -1.10. The van der Waals surface area contributed by atoms with Gasteiger partial charge in [0.2, 0.25) is 17.2 Å². The molecule has 6 heteroatoms. The van der Waals surface area contributed by atoms with Gasteiger partial charge < -0.3 is 10.2 Å². The molecule has 1 aromatic heterocycles. The molecule has 1 fully saturated rings. The van der Waals surface area contributed by atoms with Gasteiger partial charge in [0.05, 0.1) is 0 Å². The lowest BCUT2D eigenvalue weighted by Gasteiger charge is -2.39. The number of nitrogens with zero attached hydrogens (tertiary/aromatic N) is 4. The van der Waals surface area contributed by atoms with Crippen LogP contribution in [0.3, 0.4) is 0 Å². The Morgan fingerprint density at radius 3 is 2.52 bits per heavy atom. The average Bonchev–Trinajstić information content (AvgIpc) is 2.42. The SMILES string of the molecule is CCN(CC)c1nc(Cl)nc(NC2CCCCC2(C)C)n1. The molecule has 1 unspecified atom stereocenters.